The van der Waals surface area contributed by atoms with E-state index in [2.05, 4.69) is 32.7 Å². The van der Waals surface area contributed by atoms with Crippen molar-refractivity contribution in [2.75, 3.05) is 17.2 Å². The molecule has 1 fully saturated rings. The van der Waals surface area contributed by atoms with Crippen LogP contribution in [0.4, 0.5) is 11.6 Å². The van der Waals surface area contributed by atoms with E-state index in [1.807, 2.05) is 19.9 Å². The van der Waals surface area contributed by atoms with Gasteiger partial charge in [-0.3, -0.25) is 0 Å². The highest BCUT2D eigenvalue weighted by Crippen LogP contribution is 2.39. The molecule has 1 aliphatic carbocycles. The van der Waals surface area contributed by atoms with Gasteiger partial charge in [0.1, 0.15) is 17.5 Å². The van der Waals surface area contributed by atoms with Crippen LogP contribution in [0.1, 0.15) is 48.5 Å². The van der Waals surface area contributed by atoms with Gasteiger partial charge in [0.2, 0.25) is 0 Å². The topological polar surface area (TPSA) is 75.9 Å². The van der Waals surface area contributed by atoms with E-state index < -0.39 is 0 Å². The van der Waals surface area contributed by atoms with Crippen molar-refractivity contribution in [1.82, 2.24) is 15.1 Å². The van der Waals surface area contributed by atoms with Crippen LogP contribution in [0.25, 0.3) is 0 Å². The SMILES string of the molecule is CCNc1nc(C2CC2)nc(NCc2cc(C)no2)c1C. The fraction of sp³-hybridized carbons (Fsp3) is 0.533. The van der Waals surface area contributed by atoms with Gasteiger partial charge in [-0.05, 0) is 33.6 Å². The average Bonchev–Trinajstić information content (AvgIpc) is 3.23. The molecule has 0 bridgehead atoms. The molecule has 3 rings (SSSR count). The summed E-state index contributed by atoms with van der Waals surface area (Å²) >= 11 is 0. The second-order valence-electron chi connectivity index (χ2n) is 5.50. The highest BCUT2D eigenvalue weighted by molar-refractivity contribution is 5.57. The van der Waals surface area contributed by atoms with Crippen molar-refractivity contribution in [3.8, 4) is 0 Å². The predicted molar refractivity (Wildman–Crippen MR) is 81.5 cm³/mol. The first kappa shape index (κ1) is 13.9. The fourth-order valence-electron chi connectivity index (χ4n) is 2.24. The molecular formula is C15H21N5O. The first-order valence-electron chi connectivity index (χ1n) is 7.46. The highest BCUT2D eigenvalue weighted by Gasteiger charge is 2.28. The van der Waals surface area contributed by atoms with E-state index in [1.165, 1.54) is 12.8 Å². The van der Waals surface area contributed by atoms with E-state index in [0.29, 0.717) is 12.5 Å². The minimum atomic E-state index is 0.524. The largest absolute Gasteiger partial charge is 0.370 e. The van der Waals surface area contributed by atoms with Crippen LogP contribution in [0, 0.1) is 13.8 Å². The Morgan fingerprint density at radius 1 is 1.19 bits per heavy atom. The van der Waals surface area contributed by atoms with Gasteiger partial charge in [0.25, 0.3) is 0 Å². The maximum absolute atomic E-state index is 5.22. The van der Waals surface area contributed by atoms with E-state index in [-0.39, 0.29) is 0 Å². The summed E-state index contributed by atoms with van der Waals surface area (Å²) in [6.45, 7) is 7.44. The van der Waals surface area contributed by atoms with Gasteiger partial charge < -0.3 is 15.2 Å². The number of nitrogens with one attached hydrogen (secondary N) is 2. The minimum absolute atomic E-state index is 0.524. The van der Waals surface area contributed by atoms with Crippen LogP contribution in [0.3, 0.4) is 0 Å². The molecule has 6 heteroatoms. The monoisotopic (exact) mass is 287 g/mol. The Morgan fingerprint density at radius 3 is 2.48 bits per heavy atom. The van der Waals surface area contributed by atoms with Crippen molar-refractivity contribution in [2.24, 2.45) is 0 Å². The predicted octanol–water partition coefficient (Wildman–Crippen LogP) is 3.00. The van der Waals surface area contributed by atoms with E-state index in [4.69, 9.17) is 4.52 Å². The molecule has 2 heterocycles. The Balaban J connectivity index is 1.81. The summed E-state index contributed by atoms with van der Waals surface area (Å²) in [6, 6.07) is 1.93. The molecule has 21 heavy (non-hydrogen) atoms. The van der Waals surface area contributed by atoms with Crippen molar-refractivity contribution in [2.45, 2.75) is 46.1 Å². The molecule has 1 saturated carbocycles. The molecule has 6 nitrogen and oxygen atoms in total. The summed E-state index contributed by atoms with van der Waals surface area (Å²) in [4.78, 5) is 9.32. The summed E-state index contributed by atoms with van der Waals surface area (Å²) in [6.07, 6.45) is 2.38. The normalized spacial score (nSPS) is 14.2. The van der Waals surface area contributed by atoms with Gasteiger partial charge >= 0.3 is 0 Å². The Kier molecular flexibility index (Phi) is 3.77. The Hall–Kier alpha value is -2.11. The van der Waals surface area contributed by atoms with Gasteiger partial charge in [0.05, 0.1) is 12.2 Å². The van der Waals surface area contributed by atoms with E-state index >= 15 is 0 Å². The Morgan fingerprint density at radius 2 is 1.90 bits per heavy atom. The van der Waals surface area contributed by atoms with Crippen molar-refractivity contribution >= 4 is 11.6 Å². The maximum atomic E-state index is 5.22. The lowest BCUT2D eigenvalue weighted by Gasteiger charge is -2.13. The van der Waals surface area contributed by atoms with Crippen LogP contribution in [0.2, 0.25) is 0 Å². The molecule has 0 atom stereocenters. The van der Waals surface area contributed by atoms with Crippen molar-refractivity contribution in [1.29, 1.82) is 0 Å². The zero-order chi connectivity index (χ0) is 14.8. The number of anilines is 2. The molecule has 0 spiro atoms. The van der Waals surface area contributed by atoms with Gasteiger partial charge in [-0.2, -0.15) is 0 Å². The fourth-order valence-corrected chi connectivity index (χ4v) is 2.24. The smallest absolute Gasteiger partial charge is 0.156 e. The van der Waals surface area contributed by atoms with E-state index in [0.717, 1.165) is 41.0 Å². The van der Waals surface area contributed by atoms with Gasteiger partial charge in [0.15, 0.2) is 5.76 Å². The van der Waals surface area contributed by atoms with Crippen LogP contribution >= 0.6 is 0 Å². The second kappa shape index (κ2) is 5.71. The van der Waals surface area contributed by atoms with Gasteiger partial charge in [-0.1, -0.05) is 5.16 Å². The van der Waals surface area contributed by atoms with Crippen LogP contribution in [0.15, 0.2) is 10.6 Å². The minimum Gasteiger partial charge on any atom is -0.370 e. The number of aryl methyl sites for hydroxylation is 1. The average molecular weight is 287 g/mol. The molecule has 0 amide bonds. The standard InChI is InChI=1S/C15H21N5O/c1-4-16-13-10(3)14(19-15(18-13)11-5-6-11)17-8-12-7-9(2)20-21-12/h7,11H,4-6,8H2,1-3H3,(H2,16,17,18,19). The first-order chi connectivity index (χ1) is 10.2. The molecule has 2 aromatic heterocycles. The lowest BCUT2D eigenvalue weighted by atomic mass is 10.2. The molecule has 0 aliphatic heterocycles. The van der Waals surface area contributed by atoms with Gasteiger partial charge in [0, 0.05) is 24.1 Å². The number of aromatic nitrogens is 3. The molecule has 0 aromatic carbocycles. The Labute approximate surface area is 124 Å². The third-order valence-electron chi connectivity index (χ3n) is 3.56. The molecule has 2 aromatic rings. The summed E-state index contributed by atoms with van der Waals surface area (Å²) < 4.78 is 5.22. The summed E-state index contributed by atoms with van der Waals surface area (Å²) in [7, 11) is 0. The van der Waals surface area contributed by atoms with E-state index in [1.54, 1.807) is 0 Å². The quantitative estimate of drug-likeness (QED) is 0.850. The van der Waals surface area contributed by atoms with Crippen molar-refractivity contribution < 1.29 is 4.52 Å². The number of nitrogens with zero attached hydrogens (tertiary/aromatic N) is 3. The molecular weight excluding hydrogens is 266 g/mol. The molecule has 0 saturated heterocycles. The summed E-state index contributed by atoms with van der Waals surface area (Å²) in [5.41, 5.74) is 1.93. The van der Waals surface area contributed by atoms with Crippen LogP contribution in [-0.4, -0.2) is 21.7 Å². The number of hydrogen-bond donors (Lipinski definition) is 2. The summed E-state index contributed by atoms with van der Waals surface area (Å²) in [5.74, 6) is 4.06. The zero-order valence-electron chi connectivity index (χ0n) is 12.7. The van der Waals surface area contributed by atoms with Crippen molar-refractivity contribution in [3.63, 3.8) is 0 Å². The Bertz CT molecular complexity index is 633. The van der Waals surface area contributed by atoms with Crippen LogP contribution in [-0.2, 0) is 6.54 Å². The molecule has 112 valence electrons. The highest BCUT2D eigenvalue weighted by atomic mass is 16.5. The van der Waals surface area contributed by atoms with Gasteiger partial charge in [-0.25, -0.2) is 9.97 Å². The third-order valence-corrected chi connectivity index (χ3v) is 3.56. The first-order valence-corrected chi connectivity index (χ1v) is 7.46. The number of rotatable bonds is 6. The maximum Gasteiger partial charge on any atom is 0.156 e. The molecule has 1 aliphatic rings. The summed E-state index contributed by atoms with van der Waals surface area (Å²) in [5, 5.41) is 10.5. The third kappa shape index (κ3) is 3.15. The lowest BCUT2D eigenvalue weighted by Crippen LogP contribution is -2.10. The van der Waals surface area contributed by atoms with Crippen LogP contribution < -0.4 is 10.6 Å². The second-order valence-corrected chi connectivity index (χ2v) is 5.50. The molecule has 0 unspecified atom stereocenters. The van der Waals surface area contributed by atoms with Crippen molar-refractivity contribution in [3.05, 3.63) is 28.9 Å². The van der Waals surface area contributed by atoms with Crippen LogP contribution in [0.5, 0.6) is 0 Å². The molecule has 2 N–H and O–H groups in total. The van der Waals surface area contributed by atoms with Gasteiger partial charge in [-0.15, -0.1) is 0 Å². The van der Waals surface area contributed by atoms with E-state index in [9.17, 15) is 0 Å². The lowest BCUT2D eigenvalue weighted by molar-refractivity contribution is 0.384. The zero-order valence-corrected chi connectivity index (χ0v) is 12.7. The molecule has 0 radical (unpaired) electrons. The number of hydrogen-bond acceptors (Lipinski definition) is 6.